The largest absolute Gasteiger partial charge is 0.309 e. The number of nitrogens with zero attached hydrogens (tertiary/aromatic N) is 2. The van der Waals surface area contributed by atoms with Crippen molar-refractivity contribution in [3.63, 3.8) is 0 Å². The summed E-state index contributed by atoms with van der Waals surface area (Å²) in [4.78, 5) is 0. The molecule has 14 rings (SSSR count). The van der Waals surface area contributed by atoms with Gasteiger partial charge in [0.05, 0.1) is 27.8 Å². The normalized spacial score (nSPS) is 11.5. The van der Waals surface area contributed by atoms with Gasteiger partial charge in [0.15, 0.2) is 0 Å². The number of para-hydroxylation sites is 3. The molecule has 2 nitrogen and oxygen atoms in total. The van der Waals surface area contributed by atoms with Crippen molar-refractivity contribution < 1.29 is 0 Å². The summed E-state index contributed by atoms with van der Waals surface area (Å²) in [5.74, 6) is 0. The third-order valence-electron chi connectivity index (χ3n) is 14.9. The van der Waals surface area contributed by atoms with E-state index < -0.39 is 0 Å². The summed E-state index contributed by atoms with van der Waals surface area (Å²) in [5, 5.41) is 4.95. The maximum Gasteiger partial charge on any atom is 0.0541 e. The van der Waals surface area contributed by atoms with E-state index in [1.165, 1.54) is 122 Å². The van der Waals surface area contributed by atoms with Crippen LogP contribution in [0.25, 0.3) is 133 Å². The Kier molecular flexibility index (Phi) is 10.6. The first-order chi connectivity index (χ1) is 36.7. The lowest BCUT2D eigenvalue weighted by Gasteiger charge is -2.15. The van der Waals surface area contributed by atoms with E-state index in [9.17, 15) is 0 Å². The molecule has 0 bridgehead atoms. The molecule has 0 saturated heterocycles. The first kappa shape index (κ1) is 43.1. The van der Waals surface area contributed by atoms with E-state index in [0.717, 1.165) is 11.4 Å². The summed E-state index contributed by atoms with van der Waals surface area (Å²) in [6.07, 6.45) is 0. The van der Waals surface area contributed by atoms with Crippen LogP contribution in [0, 0.1) is 0 Å². The number of fused-ring (bicyclic) bond motifs is 6. The monoisotopic (exact) mass is 940 g/mol. The fraction of sp³-hybridized carbons (Fsp3) is 0. The molecule has 0 aliphatic carbocycles. The molecule has 2 heteroatoms. The summed E-state index contributed by atoms with van der Waals surface area (Å²) in [6.45, 7) is 0. The molecule has 0 amide bonds. The van der Waals surface area contributed by atoms with Crippen LogP contribution in [0.4, 0.5) is 0 Å². The van der Waals surface area contributed by atoms with Gasteiger partial charge >= 0.3 is 0 Å². The van der Waals surface area contributed by atoms with Crippen LogP contribution in [-0.4, -0.2) is 9.13 Å². The van der Waals surface area contributed by atoms with Gasteiger partial charge in [-0.15, -0.1) is 0 Å². The zero-order valence-corrected chi connectivity index (χ0v) is 40.6. The minimum absolute atomic E-state index is 1.15. The van der Waals surface area contributed by atoms with Crippen LogP contribution in [0.1, 0.15) is 0 Å². The van der Waals surface area contributed by atoms with E-state index in [-0.39, 0.29) is 0 Å². The highest BCUT2D eigenvalue weighted by atomic mass is 15.0. The molecule has 0 fully saturated rings. The third-order valence-corrected chi connectivity index (χ3v) is 14.9. The molecule has 0 spiro atoms. The first-order valence-corrected chi connectivity index (χ1v) is 25.5. The molecule has 12 aromatic carbocycles. The molecule has 0 saturated carbocycles. The first-order valence-electron chi connectivity index (χ1n) is 25.5. The molecule has 0 unspecified atom stereocenters. The van der Waals surface area contributed by atoms with Gasteiger partial charge in [-0.05, 0) is 145 Å². The van der Waals surface area contributed by atoms with Crippen LogP contribution in [0.3, 0.4) is 0 Å². The summed E-state index contributed by atoms with van der Waals surface area (Å²) in [7, 11) is 0. The summed E-state index contributed by atoms with van der Waals surface area (Å²) >= 11 is 0. The Balaban J connectivity index is 0.791. The van der Waals surface area contributed by atoms with Gasteiger partial charge in [-0.2, -0.15) is 0 Å². The van der Waals surface area contributed by atoms with E-state index in [2.05, 4.69) is 300 Å². The Morgan fingerprint density at radius 3 is 1.05 bits per heavy atom. The van der Waals surface area contributed by atoms with Crippen LogP contribution >= 0.6 is 0 Å². The lowest BCUT2D eigenvalue weighted by molar-refractivity contribution is 1.18. The lowest BCUT2D eigenvalue weighted by atomic mass is 9.94. The highest BCUT2D eigenvalue weighted by Crippen LogP contribution is 2.41. The second kappa shape index (κ2) is 18.1. The van der Waals surface area contributed by atoms with Crippen molar-refractivity contribution in [3.8, 4) is 89.3 Å². The molecule has 0 aliphatic rings. The molecular formula is C72H48N2. The van der Waals surface area contributed by atoms with Crippen LogP contribution in [0.5, 0.6) is 0 Å². The van der Waals surface area contributed by atoms with Crippen molar-refractivity contribution in [1.82, 2.24) is 9.13 Å². The SMILES string of the molecule is c1ccc(-c2cccc(-c3cccc(-c4cccc(-c5ccc(-c6ccccc6-n6c7ccccc7c7cc(-c8ccc9c(c8)c8ccccc8n9-c8cccc(-c9ccccc9)c8)ccc76)cc5)c4)c3)c2)cc1. The van der Waals surface area contributed by atoms with E-state index >= 15 is 0 Å². The van der Waals surface area contributed by atoms with Crippen molar-refractivity contribution in [2.45, 2.75) is 0 Å². The predicted octanol–water partition coefficient (Wildman–Crippen LogP) is 19.5. The molecule has 0 aliphatic heterocycles. The van der Waals surface area contributed by atoms with Crippen LogP contribution < -0.4 is 0 Å². The van der Waals surface area contributed by atoms with Gasteiger partial charge in [-0.1, -0.05) is 218 Å². The van der Waals surface area contributed by atoms with Crippen molar-refractivity contribution >= 4 is 43.6 Å². The van der Waals surface area contributed by atoms with Gasteiger partial charge in [-0.25, -0.2) is 0 Å². The molecule has 0 N–H and O–H groups in total. The minimum Gasteiger partial charge on any atom is -0.309 e. The van der Waals surface area contributed by atoms with Crippen molar-refractivity contribution in [2.24, 2.45) is 0 Å². The van der Waals surface area contributed by atoms with Gasteiger partial charge in [0, 0.05) is 32.8 Å². The molecule has 0 radical (unpaired) electrons. The Morgan fingerprint density at radius 2 is 0.514 bits per heavy atom. The van der Waals surface area contributed by atoms with Crippen molar-refractivity contribution in [3.05, 3.63) is 291 Å². The Bertz CT molecular complexity index is 4400. The molecule has 346 valence electrons. The molecule has 2 aromatic heterocycles. The van der Waals surface area contributed by atoms with E-state index in [1.54, 1.807) is 0 Å². The topological polar surface area (TPSA) is 9.86 Å². The van der Waals surface area contributed by atoms with Gasteiger partial charge < -0.3 is 9.13 Å². The van der Waals surface area contributed by atoms with Gasteiger partial charge in [0.1, 0.15) is 0 Å². The maximum absolute atomic E-state index is 2.45. The molecule has 74 heavy (non-hydrogen) atoms. The summed E-state index contributed by atoms with van der Waals surface area (Å²) in [6, 6.07) is 106. The number of benzene rings is 12. The predicted molar refractivity (Wildman–Crippen MR) is 313 cm³/mol. The second-order valence-corrected chi connectivity index (χ2v) is 19.3. The number of aromatic nitrogens is 2. The van der Waals surface area contributed by atoms with Crippen LogP contribution in [0.2, 0.25) is 0 Å². The molecule has 2 heterocycles. The Labute approximate surface area is 431 Å². The number of hydrogen-bond acceptors (Lipinski definition) is 0. The zero-order chi connectivity index (χ0) is 49.0. The van der Waals surface area contributed by atoms with Crippen LogP contribution in [-0.2, 0) is 0 Å². The highest BCUT2D eigenvalue weighted by molar-refractivity contribution is 6.13. The van der Waals surface area contributed by atoms with Gasteiger partial charge in [0.2, 0.25) is 0 Å². The standard InChI is InChI=1S/C72H48N2/c1-3-17-49(18-4-1)53-21-13-23-55(43-53)57-25-15-26-58(45-57)56-24-14-22-54(44-56)51-35-37-52(38-36-51)63-29-7-10-32-68(63)74-70-34-12-9-31-65(70)67-48-61(40-42-72(67)74)60-39-41-71-66(47-60)64-30-8-11-33-69(64)73(71)62-28-16-27-59(46-62)50-19-5-2-6-20-50/h1-48H. The van der Waals surface area contributed by atoms with Gasteiger partial charge in [0.25, 0.3) is 0 Å². The molecular weight excluding hydrogens is 893 g/mol. The lowest BCUT2D eigenvalue weighted by Crippen LogP contribution is -1.97. The van der Waals surface area contributed by atoms with E-state index in [4.69, 9.17) is 0 Å². The van der Waals surface area contributed by atoms with Crippen molar-refractivity contribution in [1.29, 1.82) is 0 Å². The highest BCUT2D eigenvalue weighted by Gasteiger charge is 2.19. The fourth-order valence-corrected chi connectivity index (χ4v) is 11.3. The van der Waals surface area contributed by atoms with E-state index in [0.29, 0.717) is 0 Å². The average molecular weight is 941 g/mol. The summed E-state index contributed by atoms with van der Waals surface area (Å²) < 4.78 is 4.86. The molecule has 14 aromatic rings. The third kappa shape index (κ3) is 7.60. The van der Waals surface area contributed by atoms with Crippen molar-refractivity contribution in [2.75, 3.05) is 0 Å². The average Bonchev–Trinajstić information content (AvgIpc) is 4.02. The second-order valence-electron chi connectivity index (χ2n) is 19.3. The van der Waals surface area contributed by atoms with E-state index in [1.807, 2.05) is 0 Å². The van der Waals surface area contributed by atoms with Crippen LogP contribution in [0.15, 0.2) is 291 Å². The number of rotatable bonds is 9. The fourth-order valence-electron chi connectivity index (χ4n) is 11.3. The van der Waals surface area contributed by atoms with Gasteiger partial charge in [-0.3, -0.25) is 0 Å². The zero-order valence-electron chi connectivity index (χ0n) is 40.6. The Morgan fingerprint density at radius 1 is 0.176 bits per heavy atom. The minimum atomic E-state index is 1.15. The molecule has 0 atom stereocenters. The summed E-state index contributed by atoms with van der Waals surface area (Å²) in [5.41, 5.74) is 23.9. The Hall–Kier alpha value is -9.76. The smallest absolute Gasteiger partial charge is 0.0541 e. The number of hydrogen-bond donors (Lipinski definition) is 0. The maximum atomic E-state index is 2.45. The quantitative estimate of drug-likeness (QED) is 0.136.